The second-order valence-electron chi connectivity index (χ2n) is 3.07. The first-order valence-corrected chi connectivity index (χ1v) is 4.58. The first kappa shape index (κ1) is 11.8. The smallest absolute Gasteiger partial charge is 0.0110 e. The van der Waals surface area contributed by atoms with Gasteiger partial charge in [0.15, 0.2) is 0 Å². The SMILES string of the molecule is CNCCCN(C)CCCNN. The number of hydrogen-bond donors (Lipinski definition) is 3. The van der Waals surface area contributed by atoms with Crippen LogP contribution in [0.15, 0.2) is 0 Å². The molecule has 0 rings (SSSR count). The van der Waals surface area contributed by atoms with Gasteiger partial charge >= 0.3 is 0 Å². The zero-order chi connectivity index (χ0) is 9.23. The third-order valence-electron chi connectivity index (χ3n) is 1.83. The Morgan fingerprint density at radius 1 is 1.17 bits per heavy atom. The molecule has 74 valence electrons. The van der Waals surface area contributed by atoms with Gasteiger partial charge in [0, 0.05) is 6.54 Å². The van der Waals surface area contributed by atoms with E-state index in [-0.39, 0.29) is 0 Å². The van der Waals surface area contributed by atoms with Gasteiger partial charge in [-0.2, -0.15) is 0 Å². The van der Waals surface area contributed by atoms with Crippen LogP contribution in [0, 0.1) is 0 Å². The van der Waals surface area contributed by atoms with Gasteiger partial charge in [0.1, 0.15) is 0 Å². The number of nitrogens with zero attached hydrogens (tertiary/aromatic N) is 1. The fraction of sp³-hybridized carbons (Fsp3) is 1.00. The average molecular weight is 174 g/mol. The van der Waals surface area contributed by atoms with Crippen LogP contribution < -0.4 is 16.6 Å². The summed E-state index contributed by atoms with van der Waals surface area (Å²) in [5.74, 6) is 5.16. The van der Waals surface area contributed by atoms with E-state index in [2.05, 4.69) is 22.7 Å². The minimum absolute atomic E-state index is 0.899. The molecule has 0 saturated carbocycles. The summed E-state index contributed by atoms with van der Waals surface area (Å²) in [5.41, 5.74) is 2.65. The number of rotatable bonds is 8. The highest BCUT2D eigenvalue weighted by molar-refractivity contribution is 4.53. The molecular formula is C8H22N4. The third kappa shape index (κ3) is 7.94. The molecule has 0 amide bonds. The predicted octanol–water partition coefficient (Wildman–Crippen LogP) is -0.619. The molecule has 0 aliphatic heterocycles. The molecular weight excluding hydrogens is 152 g/mol. The topological polar surface area (TPSA) is 53.3 Å². The average Bonchev–Trinajstić information content (AvgIpc) is 2.06. The minimum atomic E-state index is 0.899. The third-order valence-corrected chi connectivity index (χ3v) is 1.83. The Kier molecular flexibility index (Phi) is 8.81. The first-order valence-electron chi connectivity index (χ1n) is 4.58. The maximum absolute atomic E-state index is 5.16. The van der Waals surface area contributed by atoms with E-state index < -0.39 is 0 Å². The summed E-state index contributed by atoms with van der Waals surface area (Å²) in [4.78, 5) is 2.33. The van der Waals surface area contributed by atoms with Crippen LogP contribution in [-0.4, -0.2) is 45.2 Å². The molecule has 4 heteroatoms. The molecule has 0 bridgehead atoms. The van der Waals surface area contributed by atoms with Gasteiger partial charge < -0.3 is 10.2 Å². The molecule has 4 N–H and O–H groups in total. The van der Waals surface area contributed by atoms with Gasteiger partial charge in [0.05, 0.1) is 0 Å². The van der Waals surface area contributed by atoms with E-state index in [0.717, 1.165) is 32.6 Å². The summed E-state index contributed by atoms with van der Waals surface area (Å²) in [6, 6.07) is 0. The molecule has 4 nitrogen and oxygen atoms in total. The second kappa shape index (κ2) is 8.93. The lowest BCUT2D eigenvalue weighted by Crippen LogP contribution is -2.29. The first-order chi connectivity index (χ1) is 5.81. The molecule has 0 spiro atoms. The van der Waals surface area contributed by atoms with Gasteiger partial charge in [-0.3, -0.25) is 11.3 Å². The van der Waals surface area contributed by atoms with Gasteiger partial charge in [-0.15, -0.1) is 0 Å². The van der Waals surface area contributed by atoms with Crippen molar-refractivity contribution in [1.29, 1.82) is 0 Å². The fourth-order valence-electron chi connectivity index (χ4n) is 1.09. The van der Waals surface area contributed by atoms with E-state index in [1.165, 1.54) is 6.42 Å². The van der Waals surface area contributed by atoms with Crippen LogP contribution in [0.25, 0.3) is 0 Å². The molecule has 0 aromatic heterocycles. The number of hydrogen-bond acceptors (Lipinski definition) is 4. The van der Waals surface area contributed by atoms with Gasteiger partial charge in [0.25, 0.3) is 0 Å². The molecule has 0 unspecified atom stereocenters. The molecule has 0 aliphatic rings. The van der Waals surface area contributed by atoms with Crippen molar-refractivity contribution in [2.75, 3.05) is 40.3 Å². The summed E-state index contributed by atoms with van der Waals surface area (Å²) in [6.07, 6.45) is 2.33. The number of hydrazine groups is 1. The van der Waals surface area contributed by atoms with Crippen LogP contribution in [0.2, 0.25) is 0 Å². The van der Waals surface area contributed by atoms with E-state index in [9.17, 15) is 0 Å². The van der Waals surface area contributed by atoms with Gasteiger partial charge in [-0.25, -0.2) is 0 Å². The van der Waals surface area contributed by atoms with Crippen LogP contribution in [0.1, 0.15) is 12.8 Å². The monoisotopic (exact) mass is 174 g/mol. The van der Waals surface area contributed by atoms with E-state index >= 15 is 0 Å². The van der Waals surface area contributed by atoms with Crippen molar-refractivity contribution in [3.8, 4) is 0 Å². The maximum Gasteiger partial charge on any atom is 0.0110 e. The minimum Gasteiger partial charge on any atom is -0.320 e. The number of nitrogens with two attached hydrogens (primary N) is 1. The quantitative estimate of drug-likeness (QED) is 0.261. The maximum atomic E-state index is 5.16. The predicted molar refractivity (Wildman–Crippen MR) is 52.8 cm³/mol. The van der Waals surface area contributed by atoms with E-state index in [4.69, 9.17) is 5.84 Å². The van der Waals surface area contributed by atoms with Crippen molar-refractivity contribution < 1.29 is 0 Å². The van der Waals surface area contributed by atoms with Crippen molar-refractivity contribution in [3.05, 3.63) is 0 Å². The molecule has 0 atom stereocenters. The van der Waals surface area contributed by atoms with Gasteiger partial charge in [-0.1, -0.05) is 0 Å². The molecule has 0 aromatic rings. The highest BCUT2D eigenvalue weighted by Crippen LogP contribution is 1.88. The van der Waals surface area contributed by atoms with E-state index in [1.54, 1.807) is 0 Å². The lowest BCUT2D eigenvalue weighted by atomic mass is 10.3. The van der Waals surface area contributed by atoms with Gasteiger partial charge in [0.2, 0.25) is 0 Å². The van der Waals surface area contributed by atoms with Crippen molar-refractivity contribution >= 4 is 0 Å². The molecule has 12 heavy (non-hydrogen) atoms. The van der Waals surface area contributed by atoms with E-state index in [0.29, 0.717) is 0 Å². The Morgan fingerprint density at radius 3 is 2.25 bits per heavy atom. The largest absolute Gasteiger partial charge is 0.320 e. The zero-order valence-corrected chi connectivity index (χ0v) is 8.27. The highest BCUT2D eigenvalue weighted by Gasteiger charge is 1.95. The van der Waals surface area contributed by atoms with Crippen molar-refractivity contribution in [3.63, 3.8) is 0 Å². The summed E-state index contributed by atoms with van der Waals surface area (Å²) < 4.78 is 0. The summed E-state index contributed by atoms with van der Waals surface area (Å²) >= 11 is 0. The summed E-state index contributed by atoms with van der Waals surface area (Å²) in [6.45, 7) is 4.27. The lowest BCUT2D eigenvalue weighted by Gasteiger charge is -2.15. The fourth-order valence-corrected chi connectivity index (χ4v) is 1.09. The van der Waals surface area contributed by atoms with Crippen LogP contribution in [0.4, 0.5) is 0 Å². The van der Waals surface area contributed by atoms with Crippen LogP contribution >= 0.6 is 0 Å². The Bertz CT molecular complexity index is 77.1. The van der Waals surface area contributed by atoms with Crippen LogP contribution in [0.5, 0.6) is 0 Å². The Labute approximate surface area is 75.5 Å². The van der Waals surface area contributed by atoms with Crippen LogP contribution in [0.3, 0.4) is 0 Å². The Hall–Kier alpha value is -0.160. The van der Waals surface area contributed by atoms with Crippen molar-refractivity contribution in [1.82, 2.24) is 15.6 Å². The molecule has 0 aromatic carbocycles. The molecule has 0 fully saturated rings. The highest BCUT2D eigenvalue weighted by atomic mass is 15.2. The number of nitrogens with one attached hydrogen (secondary N) is 2. The zero-order valence-electron chi connectivity index (χ0n) is 8.27. The van der Waals surface area contributed by atoms with E-state index in [1.807, 2.05) is 7.05 Å². The molecule has 0 heterocycles. The molecule has 0 saturated heterocycles. The normalized spacial score (nSPS) is 11.0. The van der Waals surface area contributed by atoms with Crippen molar-refractivity contribution in [2.45, 2.75) is 12.8 Å². The Morgan fingerprint density at radius 2 is 1.75 bits per heavy atom. The van der Waals surface area contributed by atoms with Gasteiger partial charge in [-0.05, 0) is 46.6 Å². The van der Waals surface area contributed by atoms with Crippen LogP contribution in [-0.2, 0) is 0 Å². The summed E-state index contributed by atoms with van der Waals surface area (Å²) in [5, 5.41) is 3.13. The molecule has 0 aliphatic carbocycles. The standard InChI is InChI=1S/C8H22N4/c1-10-5-3-7-12(2)8-4-6-11-9/h10-11H,3-9H2,1-2H3. The summed E-state index contributed by atoms with van der Waals surface area (Å²) in [7, 11) is 4.13. The second-order valence-corrected chi connectivity index (χ2v) is 3.07. The van der Waals surface area contributed by atoms with Crippen molar-refractivity contribution in [2.24, 2.45) is 5.84 Å². The Balaban J connectivity index is 3.04. The molecule has 0 radical (unpaired) electrons. The lowest BCUT2D eigenvalue weighted by molar-refractivity contribution is 0.322.